The molecule has 102 valence electrons. The highest BCUT2D eigenvalue weighted by Crippen LogP contribution is 2.34. The molecule has 0 saturated carbocycles. The number of aryl methyl sites for hydroxylation is 1. The van der Waals surface area contributed by atoms with Crippen LogP contribution in [0.5, 0.6) is 5.75 Å². The van der Waals surface area contributed by atoms with E-state index in [4.69, 9.17) is 4.74 Å². The SMILES string of the molecule is CCn1cccc1CNc1cc(OC)c(Br)cc1Br. The molecule has 5 heteroatoms. The third-order valence-corrected chi connectivity index (χ3v) is 4.24. The third kappa shape index (κ3) is 3.34. The van der Waals surface area contributed by atoms with Crippen LogP contribution in [0, 0.1) is 0 Å². The maximum atomic E-state index is 5.31. The van der Waals surface area contributed by atoms with E-state index in [1.165, 1.54) is 5.69 Å². The van der Waals surface area contributed by atoms with Gasteiger partial charge in [-0.2, -0.15) is 0 Å². The average Bonchev–Trinajstić information content (AvgIpc) is 2.85. The lowest BCUT2D eigenvalue weighted by Crippen LogP contribution is -2.06. The summed E-state index contributed by atoms with van der Waals surface area (Å²) in [5.74, 6) is 0.816. The molecule has 2 aromatic rings. The lowest BCUT2D eigenvalue weighted by molar-refractivity contribution is 0.412. The van der Waals surface area contributed by atoms with Crippen LogP contribution < -0.4 is 10.1 Å². The van der Waals surface area contributed by atoms with Crippen molar-refractivity contribution in [2.24, 2.45) is 0 Å². The standard InChI is InChI=1S/C14H16Br2N2O/c1-3-18-6-4-5-10(18)9-17-13-8-14(19-2)12(16)7-11(13)15/h4-8,17H,3,9H2,1-2H3. The molecule has 1 heterocycles. The predicted molar refractivity (Wildman–Crippen MR) is 85.8 cm³/mol. The van der Waals surface area contributed by atoms with E-state index in [0.29, 0.717) is 0 Å². The first kappa shape index (κ1) is 14.5. The summed E-state index contributed by atoms with van der Waals surface area (Å²) in [5.41, 5.74) is 2.28. The van der Waals surface area contributed by atoms with Crippen molar-refractivity contribution in [3.05, 3.63) is 45.1 Å². The molecule has 0 radical (unpaired) electrons. The van der Waals surface area contributed by atoms with Crippen molar-refractivity contribution in [2.45, 2.75) is 20.0 Å². The highest BCUT2D eigenvalue weighted by atomic mass is 79.9. The van der Waals surface area contributed by atoms with Crippen LogP contribution in [0.15, 0.2) is 39.4 Å². The molecule has 0 aliphatic carbocycles. The first-order valence-corrected chi connectivity index (χ1v) is 7.65. The second-order valence-electron chi connectivity index (χ2n) is 4.11. The average molecular weight is 388 g/mol. The number of hydrogen-bond donors (Lipinski definition) is 1. The van der Waals surface area contributed by atoms with Crippen LogP contribution in [-0.2, 0) is 13.1 Å². The van der Waals surface area contributed by atoms with Gasteiger partial charge in [0.1, 0.15) is 5.75 Å². The molecule has 2 rings (SSSR count). The van der Waals surface area contributed by atoms with E-state index in [2.05, 4.69) is 67.0 Å². The van der Waals surface area contributed by atoms with Crippen molar-refractivity contribution in [2.75, 3.05) is 12.4 Å². The van der Waals surface area contributed by atoms with Gasteiger partial charge in [-0.25, -0.2) is 0 Å². The summed E-state index contributed by atoms with van der Waals surface area (Å²) < 4.78 is 9.47. The van der Waals surface area contributed by atoms with Crippen molar-refractivity contribution in [3.8, 4) is 5.75 Å². The summed E-state index contributed by atoms with van der Waals surface area (Å²) in [5, 5.41) is 3.42. The highest BCUT2D eigenvalue weighted by Gasteiger charge is 2.07. The zero-order valence-electron chi connectivity index (χ0n) is 10.9. The number of halogens is 2. The van der Waals surface area contributed by atoms with Crippen LogP contribution in [0.1, 0.15) is 12.6 Å². The zero-order chi connectivity index (χ0) is 13.8. The number of rotatable bonds is 5. The van der Waals surface area contributed by atoms with Crippen LogP contribution in [0.3, 0.4) is 0 Å². The summed E-state index contributed by atoms with van der Waals surface area (Å²) in [6.07, 6.45) is 2.09. The van der Waals surface area contributed by atoms with Crippen molar-refractivity contribution in [1.29, 1.82) is 0 Å². The zero-order valence-corrected chi connectivity index (χ0v) is 14.1. The Hall–Kier alpha value is -0.940. The van der Waals surface area contributed by atoms with E-state index in [1.807, 2.05) is 12.1 Å². The second-order valence-corrected chi connectivity index (χ2v) is 5.81. The molecule has 3 nitrogen and oxygen atoms in total. The molecule has 19 heavy (non-hydrogen) atoms. The molecular formula is C14H16Br2N2O. The maximum Gasteiger partial charge on any atom is 0.135 e. The van der Waals surface area contributed by atoms with E-state index in [9.17, 15) is 0 Å². The van der Waals surface area contributed by atoms with Gasteiger partial charge in [0.2, 0.25) is 0 Å². The number of nitrogens with zero attached hydrogens (tertiary/aromatic N) is 1. The molecule has 0 aliphatic rings. The van der Waals surface area contributed by atoms with Crippen LogP contribution in [0.25, 0.3) is 0 Å². The van der Waals surface area contributed by atoms with Gasteiger partial charge >= 0.3 is 0 Å². The summed E-state index contributed by atoms with van der Waals surface area (Å²) in [6.45, 7) is 3.90. The summed E-state index contributed by atoms with van der Waals surface area (Å²) >= 11 is 7.02. The van der Waals surface area contributed by atoms with Gasteiger partial charge in [0.15, 0.2) is 0 Å². The minimum absolute atomic E-state index is 0.782. The molecule has 1 aromatic heterocycles. The monoisotopic (exact) mass is 386 g/mol. The largest absolute Gasteiger partial charge is 0.495 e. The van der Waals surface area contributed by atoms with E-state index < -0.39 is 0 Å². The Bertz CT molecular complexity index is 567. The van der Waals surface area contributed by atoms with Crippen molar-refractivity contribution >= 4 is 37.5 Å². The molecule has 0 atom stereocenters. The van der Waals surface area contributed by atoms with Crippen LogP contribution >= 0.6 is 31.9 Å². The number of methoxy groups -OCH3 is 1. The Morgan fingerprint density at radius 3 is 2.74 bits per heavy atom. The Morgan fingerprint density at radius 1 is 1.26 bits per heavy atom. The van der Waals surface area contributed by atoms with E-state index in [-0.39, 0.29) is 0 Å². The Labute approximate surface area is 130 Å². The third-order valence-electron chi connectivity index (χ3n) is 2.97. The van der Waals surface area contributed by atoms with Gasteiger partial charge in [-0.1, -0.05) is 0 Å². The number of nitrogens with one attached hydrogen (secondary N) is 1. The van der Waals surface area contributed by atoms with Gasteiger partial charge in [0, 0.05) is 29.0 Å². The fourth-order valence-electron chi connectivity index (χ4n) is 1.93. The second kappa shape index (κ2) is 6.48. The smallest absolute Gasteiger partial charge is 0.135 e. The number of hydrogen-bond acceptors (Lipinski definition) is 2. The minimum Gasteiger partial charge on any atom is -0.495 e. The number of anilines is 1. The molecule has 0 aliphatic heterocycles. The highest BCUT2D eigenvalue weighted by molar-refractivity contribution is 9.11. The molecule has 0 unspecified atom stereocenters. The van der Waals surface area contributed by atoms with Crippen molar-refractivity contribution in [3.63, 3.8) is 0 Å². The molecule has 0 fully saturated rings. The number of ether oxygens (including phenoxy) is 1. The van der Waals surface area contributed by atoms with E-state index in [0.717, 1.165) is 33.5 Å². The molecular weight excluding hydrogens is 372 g/mol. The van der Waals surface area contributed by atoms with Crippen molar-refractivity contribution in [1.82, 2.24) is 4.57 Å². The summed E-state index contributed by atoms with van der Waals surface area (Å²) in [7, 11) is 1.67. The van der Waals surface area contributed by atoms with Crippen LogP contribution in [-0.4, -0.2) is 11.7 Å². The van der Waals surface area contributed by atoms with Gasteiger partial charge in [0.05, 0.1) is 23.8 Å². The first-order chi connectivity index (χ1) is 9.15. The van der Waals surface area contributed by atoms with Crippen LogP contribution in [0.4, 0.5) is 5.69 Å². The number of aromatic nitrogens is 1. The fraction of sp³-hybridized carbons (Fsp3) is 0.286. The Balaban J connectivity index is 2.15. The quantitative estimate of drug-likeness (QED) is 0.807. The van der Waals surface area contributed by atoms with Gasteiger partial charge in [-0.15, -0.1) is 0 Å². The lowest BCUT2D eigenvalue weighted by Gasteiger charge is -2.13. The summed E-state index contributed by atoms with van der Waals surface area (Å²) in [6, 6.07) is 8.16. The molecule has 1 aromatic carbocycles. The van der Waals surface area contributed by atoms with Crippen molar-refractivity contribution < 1.29 is 4.74 Å². The van der Waals surface area contributed by atoms with E-state index in [1.54, 1.807) is 7.11 Å². The lowest BCUT2D eigenvalue weighted by atomic mass is 10.3. The molecule has 0 spiro atoms. The first-order valence-electron chi connectivity index (χ1n) is 6.06. The predicted octanol–water partition coefficient (Wildman–Crippen LogP) is 4.65. The topological polar surface area (TPSA) is 26.2 Å². The maximum absolute atomic E-state index is 5.31. The molecule has 0 saturated heterocycles. The fourth-order valence-corrected chi connectivity index (χ4v) is 3.22. The van der Waals surface area contributed by atoms with E-state index >= 15 is 0 Å². The normalized spacial score (nSPS) is 10.5. The van der Waals surface area contributed by atoms with Gasteiger partial charge in [-0.3, -0.25) is 0 Å². The Morgan fingerprint density at radius 2 is 2.05 bits per heavy atom. The number of benzene rings is 1. The Kier molecular flexibility index (Phi) is 4.93. The van der Waals surface area contributed by atoms with Gasteiger partial charge in [0.25, 0.3) is 0 Å². The molecule has 1 N–H and O–H groups in total. The molecule has 0 bridgehead atoms. The van der Waals surface area contributed by atoms with Gasteiger partial charge in [-0.05, 0) is 57.0 Å². The summed E-state index contributed by atoms with van der Waals surface area (Å²) in [4.78, 5) is 0. The minimum atomic E-state index is 0.782. The molecule has 0 amide bonds. The van der Waals surface area contributed by atoms with Gasteiger partial charge < -0.3 is 14.6 Å². The van der Waals surface area contributed by atoms with Crippen LogP contribution in [0.2, 0.25) is 0 Å².